The molecule has 0 aliphatic heterocycles. The zero-order valence-corrected chi connectivity index (χ0v) is 11.3. The maximum atomic E-state index is 13.2. The quantitative estimate of drug-likeness (QED) is 0.760. The first-order valence-corrected chi connectivity index (χ1v) is 6.84. The molecular weight excluding hydrogens is 285 g/mol. The van der Waals surface area contributed by atoms with Crippen molar-refractivity contribution in [1.82, 2.24) is 4.98 Å². The number of aromatic nitrogens is 1. The van der Waals surface area contributed by atoms with Crippen LogP contribution in [0.1, 0.15) is 10.6 Å². The van der Waals surface area contributed by atoms with Crippen molar-refractivity contribution < 1.29 is 9.50 Å². The number of phenolic OH excluding ortho intramolecular Hbond substituents is 1. The summed E-state index contributed by atoms with van der Waals surface area (Å²) in [5.74, 6) is -0.714. The highest BCUT2D eigenvalue weighted by Crippen LogP contribution is 2.29. The van der Waals surface area contributed by atoms with Crippen molar-refractivity contribution in [2.24, 2.45) is 0 Å². The van der Waals surface area contributed by atoms with E-state index in [1.807, 2.05) is 24.3 Å². The largest absolute Gasteiger partial charge is 0.508 e. The van der Waals surface area contributed by atoms with Crippen molar-refractivity contribution >= 4 is 33.2 Å². The van der Waals surface area contributed by atoms with Crippen LogP contribution in [0.3, 0.4) is 0 Å². The molecule has 2 aromatic carbocycles. The molecule has 0 amide bonds. The number of aromatic hydroxyl groups is 1. The summed E-state index contributed by atoms with van der Waals surface area (Å²) in [5.41, 5.74) is 1.50. The second-order valence-electron chi connectivity index (χ2n) is 4.15. The summed E-state index contributed by atoms with van der Waals surface area (Å²) in [4.78, 5) is 4.47. The normalized spacial score (nSPS) is 11.1. The van der Waals surface area contributed by atoms with E-state index >= 15 is 0 Å². The standard InChI is InChI=1S/C14H9ClFNOS/c15-9-5-8(12(18)7-10(9)16)6-14-17-11-3-1-2-4-13(11)19-14/h1-5,7,18H,6H2. The lowest BCUT2D eigenvalue weighted by atomic mass is 10.1. The zero-order chi connectivity index (χ0) is 13.4. The Morgan fingerprint density at radius 2 is 2.05 bits per heavy atom. The summed E-state index contributed by atoms with van der Waals surface area (Å²) in [6.07, 6.45) is 0.436. The minimum absolute atomic E-state index is 0.00825. The van der Waals surface area contributed by atoms with Gasteiger partial charge in [0, 0.05) is 18.1 Å². The lowest BCUT2D eigenvalue weighted by molar-refractivity contribution is 0.463. The van der Waals surface area contributed by atoms with Crippen LogP contribution >= 0.6 is 22.9 Å². The highest BCUT2D eigenvalue weighted by atomic mass is 35.5. The van der Waals surface area contributed by atoms with Gasteiger partial charge in [0.25, 0.3) is 0 Å². The molecule has 0 spiro atoms. The van der Waals surface area contributed by atoms with Gasteiger partial charge in [-0.3, -0.25) is 0 Å². The zero-order valence-electron chi connectivity index (χ0n) is 9.73. The highest BCUT2D eigenvalue weighted by molar-refractivity contribution is 7.18. The van der Waals surface area contributed by atoms with Crippen molar-refractivity contribution in [2.45, 2.75) is 6.42 Å². The molecule has 0 aliphatic carbocycles. The number of para-hydroxylation sites is 1. The van der Waals surface area contributed by atoms with E-state index in [-0.39, 0.29) is 10.8 Å². The molecule has 1 aromatic heterocycles. The van der Waals surface area contributed by atoms with E-state index in [1.165, 1.54) is 6.07 Å². The smallest absolute Gasteiger partial charge is 0.145 e. The molecule has 5 heteroatoms. The molecule has 1 heterocycles. The van der Waals surface area contributed by atoms with Crippen molar-refractivity contribution in [2.75, 3.05) is 0 Å². The molecule has 3 aromatic rings. The van der Waals surface area contributed by atoms with Crippen molar-refractivity contribution in [3.63, 3.8) is 0 Å². The maximum absolute atomic E-state index is 13.2. The van der Waals surface area contributed by atoms with Gasteiger partial charge in [-0.05, 0) is 18.2 Å². The molecule has 0 saturated heterocycles. The van der Waals surface area contributed by atoms with E-state index in [2.05, 4.69) is 4.98 Å². The first-order valence-electron chi connectivity index (χ1n) is 5.65. The van der Waals surface area contributed by atoms with Gasteiger partial charge in [0.05, 0.1) is 20.2 Å². The third-order valence-electron chi connectivity index (χ3n) is 2.80. The first kappa shape index (κ1) is 12.4. The van der Waals surface area contributed by atoms with Crippen molar-refractivity contribution in [3.05, 3.63) is 57.8 Å². The fraction of sp³-hybridized carbons (Fsp3) is 0.0714. The topological polar surface area (TPSA) is 33.1 Å². The van der Waals surface area contributed by atoms with Crippen LogP contribution in [0.25, 0.3) is 10.2 Å². The van der Waals surface area contributed by atoms with E-state index < -0.39 is 5.82 Å². The number of hydrogen-bond acceptors (Lipinski definition) is 3. The predicted octanol–water partition coefficient (Wildman–Crippen LogP) is 4.39. The molecule has 0 atom stereocenters. The number of phenols is 1. The second kappa shape index (κ2) is 4.79. The Morgan fingerprint density at radius 1 is 1.26 bits per heavy atom. The number of thiazole rings is 1. The van der Waals surface area contributed by atoms with Gasteiger partial charge in [-0.1, -0.05) is 23.7 Å². The number of benzene rings is 2. The van der Waals surface area contributed by atoms with E-state index in [4.69, 9.17) is 11.6 Å². The second-order valence-corrected chi connectivity index (χ2v) is 5.67. The summed E-state index contributed by atoms with van der Waals surface area (Å²) in [7, 11) is 0. The van der Waals surface area contributed by atoms with Crippen LogP contribution in [-0.2, 0) is 6.42 Å². The Labute approximate surface area is 118 Å². The monoisotopic (exact) mass is 293 g/mol. The Bertz CT molecular complexity index is 723. The molecule has 2 nitrogen and oxygen atoms in total. The SMILES string of the molecule is Oc1cc(F)c(Cl)cc1Cc1nc2ccccc2s1. The molecule has 0 bridgehead atoms. The Balaban J connectivity index is 1.98. The Hall–Kier alpha value is -1.65. The van der Waals surface area contributed by atoms with Crippen LogP contribution in [0.4, 0.5) is 4.39 Å². The summed E-state index contributed by atoms with van der Waals surface area (Å²) in [6.45, 7) is 0. The van der Waals surface area contributed by atoms with Gasteiger partial charge in [-0.25, -0.2) is 9.37 Å². The van der Waals surface area contributed by atoms with Crippen LogP contribution in [0, 0.1) is 5.82 Å². The minimum atomic E-state index is -0.618. The van der Waals surface area contributed by atoms with E-state index in [9.17, 15) is 9.50 Å². The van der Waals surface area contributed by atoms with E-state index in [0.717, 1.165) is 21.3 Å². The summed E-state index contributed by atoms with van der Waals surface area (Å²) in [5, 5.41) is 10.6. The predicted molar refractivity (Wildman–Crippen MR) is 75.5 cm³/mol. The molecule has 1 N–H and O–H groups in total. The fourth-order valence-electron chi connectivity index (χ4n) is 1.88. The lowest BCUT2D eigenvalue weighted by Crippen LogP contribution is -1.90. The van der Waals surface area contributed by atoms with Gasteiger partial charge in [-0.15, -0.1) is 11.3 Å². The third-order valence-corrected chi connectivity index (χ3v) is 4.13. The number of rotatable bonds is 2. The fourth-order valence-corrected chi connectivity index (χ4v) is 3.05. The minimum Gasteiger partial charge on any atom is -0.508 e. The number of hydrogen-bond donors (Lipinski definition) is 1. The van der Waals surface area contributed by atoms with Crippen molar-refractivity contribution in [3.8, 4) is 5.75 Å². The maximum Gasteiger partial charge on any atom is 0.145 e. The van der Waals surface area contributed by atoms with Crippen LogP contribution in [0.2, 0.25) is 5.02 Å². The van der Waals surface area contributed by atoms with Crippen molar-refractivity contribution in [1.29, 1.82) is 0 Å². The van der Waals surface area contributed by atoms with E-state index in [0.29, 0.717) is 12.0 Å². The number of fused-ring (bicyclic) bond motifs is 1. The van der Waals surface area contributed by atoms with Gasteiger partial charge in [-0.2, -0.15) is 0 Å². The van der Waals surface area contributed by atoms with Crippen LogP contribution < -0.4 is 0 Å². The highest BCUT2D eigenvalue weighted by Gasteiger charge is 2.11. The first-order chi connectivity index (χ1) is 9.13. The van der Waals surface area contributed by atoms with Gasteiger partial charge in [0.2, 0.25) is 0 Å². The lowest BCUT2D eigenvalue weighted by Gasteiger charge is -2.03. The molecule has 3 rings (SSSR count). The van der Waals surface area contributed by atoms with Gasteiger partial charge >= 0.3 is 0 Å². The van der Waals surface area contributed by atoms with Gasteiger partial charge in [0.15, 0.2) is 0 Å². The van der Waals surface area contributed by atoms with Crippen LogP contribution in [0.5, 0.6) is 5.75 Å². The molecule has 0 aliphatic rings. The van der Waals surface area contributed by atoms with Gasteiger partial charge < -0.3 is 5.11 Å². The molecule has 0 fully saturated rings. The number of halogens is 2. The third kappa shape index (κ3) is 2.41. The average molecular weight is 294 g/mol. The van der Waals surface area contributed by atoms with Gasteiger partial charge in [0.1, 0.15) is 11.6 Å². The molecule has 0 radical (unpaired) electrons. The summed E-state index contributed by atoms with van der Waals surface area (Å²) < 4.78 is 14.2. The molecule has 0 unspecified atom stereocenters. The summed E-state index contributed by atoms with van der Waals surface area (Å²) in [6, 6.07) is 10.3. The van der Waals surface area contributed by atoms with E-state index in [1.54, 1.807) is 11.3 Å². The molecular formula is C14H9ClFNOS. The van der Waals surface area contributed by atoms with Crippen LogP contribution in [-0.4, -0.2) is 10.1 Å². The number of nitrogens with zero attached hydrogens (tertiary/aromatic N) is 1. The average Bonchev–Trinajstić information content (AvgIpc) is 2.78. The Kier molecular flexibility index (Phi) is 3.12. The Morgan fingerprint density at radius 3 is 2.84 bits per heavy atom. The molecule has 19 heavy (non-hydrogen) atoms. The summed E-state index contributed by atoms with van der Waals surface area (Å²) >= 11 is 7.28. The molecule has 0 saturated carbocycles. The molecule has 96 valence electrons. The van der Waals surface area contributed by atoms with Crippen LogP contribution in [0.15, 0.2) is 36.4 Å².